The van der Waals surface area contributed by atoms with E-state index in [1.54, 1.807) is 12.1 Å². The Balaban J connectivity index is 1.51. The minimum Gasteiger partial charge on any atom is -0.326 e. The number of nitrogens with one attached hydrogen (secondary N) is 1. The summed E-state index contributed by atoms with van der Waals surface area (Å²) < 4.78 is 0. The van der Waals surface area contributed by atoms with Crippen molar-refractivity contribution in [2.75, 3.05) is 11.9 Å². The molecule has 1 aliphatic rings. The third kappa shape index (κ3) is 5.08. The maximum absolute atomic E-state index is 12.1. The van der Waals surface area contributed by atoms with E-state index in [2.05, 4.69) is 34.5 Å². The van der Waals surface area contributed by atoms with Gasteiger partial charge in [0.05, 0.1) is 0 Å². The molecule has 1 N–H and O–H groups in total. The molecule has 0 unspecified atom stereocenters. The number of anilines is 1. The van der Waals surface area contributed by atoms with Crippen molar-refractivity contribution in [3.8, 4) is 0 Å². The van der Waals surface area contributed by atoms with Crippen molar-refractivity contribution in [2.24, 2.45) is 0 Å². The number of nitrogens with zero attached hydrogens (tertiary/aromatic N) is 1. The van der Waals surface area contributed by atoms with E-state index in [0.29, 0.717) is 17.5 Å². The van der Waals surface area contributed by atoms with Gasteiger partial charge in [0.2, 0.25) is 5.91 Å². The second kappa shape index (κ2) is 7.62. The number of hydrogen-bond acceptors (Lipinski definition) is 2. The van der Waals surface area contributed by atoms with E-state index in [1.807, 2.05) is 18.2 Å². The molecule has 120 valence electrons. The minimum absolute atomic E-state index is 0.0333. The second-order valence-electron chi connectivity index (χ2n) is 6.00. The summed E-state index contributed by atoms with van der Waals surface area (Å²) >= 11 is 5.94. The molecule has 3 rings (SSSR count). The summed E-state index contributed by atoms with van der Waals surface area (Å²) in [6.07, 6.45) is 2.97. The normalized spacial score (nSPS) is 14.0. The summed E-state index contributed by atoms with van der Waals surface area (Å²) in [5.74, 6) is 0.0333. The van der Waals surface area contributed by atoms with Crippen LogP contribution in [0.15, 0.2) is 54.6 Å². The van der Waals surface area contributed by atoms with Gasteiger partial charge in [0, 0.05) is 36.3 Å². The van der Waals surface area contributed by atoms with E-state index >= 15 is 0 Å². The Bertz CT molecular complexity index is 655. The number of amides is 1. The predicted octanol–water partition coefficient (Wildman–Crippen LogP) is 4.33. The van der Waals surface area contributed by atoms with Gasteiger partial charge in [-0.05, 0) is 36.6 Å². The van der Waals surface area contributed by atoms with Crippen LogP contribution in [0.1, 0.15) is 24.8 Å². The highest BCUT2D eigenvalue weighted by atomic mass is 35.5. The molecule has 0 aromatic heterocycles. The number of rotatable bonds is 7. The zero-order valence-electron chi connectivity index (χ0n) is 13.0. The van der Waals surface area contributed by atoms with Crippen molar-refractivity contribution >= 4 is 23.2 Å². The topological polar surface area (TPSA) is 32.3 Å². The quantitative estimate of drug-likeness (QED) is 0.820. The highest BCUT2D eigenvalue weighted by Crippen LogP contribution is 2.28. The fourth-order valence-electron chi connectivity index (χ4n) is 2.68. The first-order valence-corrected chi connectivity index (χ1v) is 8.42. The highest BCUT2D eigenvalue weighted by molar-refractivity contribution is 6.30. The lowest BCUT2D eigenvalue weighted by Crippen LogP contribution is -2.29. The lowest BCUT2D eigenvalue weighted by molar-refractivity contribution is -0.116. The third-order valence-electron chi connectivity index (χ3n) is 4.03. The molecular weight excluding hydrogens is 308 g/mol. The van der Waals surface area contributed by atoms with Gasteiger partial charge in [-0.15, -0.1) is 0 Å². The van der Waals surface area contributed by atoms with Gasteiger partial charge < -0.3 is 5.32 Å². The van der Waals surface area contributed by atoms with E-state index in [0.717, 1.165) is 18.8 Å². The Labute approximate surface area is 142 Å². The molecule has 0 saturated heterocycles. The second-order valence-corrected chi connectivity index (χ2v) is 6.43. The molecule has 0 radical (unpaired) electrons. The first kappa shape index (κ1) is 16.0. The van der Waals surface area contributed by atoms with Crippen molar-refractivity contribution in [3.63, 3.8) is 0 Å². The summed E-state index contributed by atoms with van der Waals surface area (Å²) in [6, 6.07) is 18.3. The van der Waals surface area contributed by atoms with E-state index < -0.39 is 0 Å². The van der Waals surface area contributed by atoms with Crippen LogP contribution in [-0.4, -0.2) is 23.4 Å². The summed E-state index contributed by atoms with van der Waals surface area (Å²) in [5.41, 5.74) is 2.05. The molecule has 1 fully saturated rings. The zero-order chi connectivity index (χ0) is 16.1. The Morgan fingerprint density at radius 3 is 2.61 bits per heavy atom. The third-order valence-corrected chi connectivity index (χ3v) is 4.26. The fraction of sp³-hybridized carbons (Fsp3) is 0.316. The Morgan fingerprint density at radius 2 is 1.91 bits per heavy atom. The molecule has 3 nitrogen and oxygen atoms in total. The molecule has 23 heavy (non-hydrogen) atoms. The number of carbonyl (C=O) groups is 1. The highest BCUT2D eigenvalue weighted by Gasteiger charge is 2.28. The van der Waals surface area contributed by atoms with Crippen molar-refractivity contribution in [2.45, 2.75) is 31.8 Å². The minimum atomic E-state index is 0.0333. The zero-order valence-corrected chi connectivity index (χ0v) is 13.8. The van der Waals surface area contributed by atoms with Crippen LogP contribution in [-0.2, 0) is 11.3 Å². The van der Waals surface area contributed by atoms with Crippen LogP contribution < -0.4 is 5.32 Å². The summed E-state index contributed by atoms with van der Waals surface area (Å²) in [6.45, 7) is 1.70. The first-order chi connectivity index (χ1) is 11.2. The van der Waals surface area contributed by atoms with E-state index in [9.17, 15) is 4.79 Å². The van der Waals surface area contributed by atoms with Crippen LogP contribution in [0.2, 0.25) is 5.02 Å². The fourth-order valence-corrected chi connectivity index (χ4v) is 2.87. The molecule has 1 saturated carbocycles. The van der Waals surface area contributed by atoms with Gasteiger partial charge in [-0.3, -0.25) is 9.69 Å². The van der Waals surface area contributed by atoms with Crippen LogP contribution in [0.5, 0.6) is 0 Å². The van der Waals surface area contributed by atoms with E-state index in [4.69, 9.17) is 11.6 Å². The van der Waals surface area contributed by atoms with Gasteiger partial charge in [0.1, 0.15) is 0 Å². The van der Waals surface area contributed by atoms with Gasteiger partial charge in [0.25, 0.3) is 0 Å². The van der Waals surface area contributed by atoms with Crippen LogP contribution in [0.3, 0.4) is 0 Å². The van der Waals surface area contributed by atoms with Crippen LogP contribution in [0.25, 0.3) is 0 Å². The monoisotopic (exact) mass is 328 g/mol. The molecule has 2 aromatic carbocycles. The average Bonchev–Trinajstić information content (AvgIpc) is 3.37. The summed E-state index contributed by atoms with van der Waals surface area (Å²) in [5, 5.41) is 3.54. The van der Waals surface area contributed by atoms with Gasteiger partial charge in [-0.2, -0.15) is 0 Å². The molecular formula is C19H21ClN2O. The lowest BCUT2D eigenvalue weighted by atomic mass is 10.2. The molecule has 0 spiro atoms. The maximum Gasteiger partial charge on any atom is 0.225 e. The van der Waals surface area contributed by atoms with Gasteiger partial charge in [0.15, 0.2) is 0 Å². The van der Waals surface area contributed by atoms with Crippen molar-refractivity contribution < 1.29 is 4.79 Å². The van der Waals surface area contributed by atoms with Crippen LogP contribution in [0.4, 0.5) is 5.69 Å². The van der Waals surface area contributed by atoms with E-state index in [-0.39, 0.29) is 5.91 Å². The lowest BCUT2D eigenvalue weighted by Gasteiger charge is -2.21. The molecule has 0 atom stereocenters. The molecule has 0 bridgehead atoms. The standard InChI is InChI=1S/C19H21ClN2O/c20-16-7-4-8-17(13-16)21-19(23)11-12-22(18-9-10-18)14-15-5-2-1-3-6-15/h1-8,13,18H,9-12,14H2,(H,21,23). The van der Waals surface area contributed by atoms with E-state index in [1.165, 1.54) is 18.4 Å². The summed E-state index contributed by atoms with van der Waals surface area (Å²) in [7, 11) is 0. The number of hydrogen-bond donors (Lipinski definition) is 1. The number of halogens is 1. The van der Waals surface area contributed by atoms with Crippen molar-refractivity contribution in [1.82, 2.24) is 4.90 Å². The van der Waals surface area contributed by atoms with Gasteiger partial charge >= 0.3 is 0 Å². The molecule has 1 amide bonds. The van der Waals surface area contributed by atoms with Crippen molar-refractivity contribution in [3.05, 3.63) is 65.2 Å². The predicted molar refractivity (Wildman–Crippen MR) is 94.6 cm³/mol. The van der Waals surface area contributed by atoms with Crippen LogP contribution >= 0.6 is 11.6 Å². The Morgan fingerprint density at radius 1 is 1.13 bits per heavy atom. The average molecular weight is 329 g/mol. The van der Waals surface area contributed by atoms with Gasteiger partial charge in [-0.25, -0.2) is 0 Å². The molecule has 4 heteroatoms. The Kier molecular flexibility index (Phi) is 5.31. The van der Waals surface area contributed by atoms with Gasteiger partial charge in [-0.1, -0.05) is 48.0 Å². The molecule has 2 aromatic rings. The molecule has 0 heterocycles. The smallest absolute Gasteiger partial charge is 0.225 e. The maximum atomic E-state index is 12.1. The van der Waals surface area contributed by atoms with Crippen molar-refractivity contribution in [1.29, 1.82) is 0 Å². The molecule has 0 aliphatic heterocycles. The Hall–Kier alpha value is -1.84. The first-order valence-electron chi connectivity index (χ1n) is 8.04. The SMILES string of the molecule is O=C(CCN(Cc1ccccc1)C1CC1)Nc1cccc(Cl)c1. The number of carbonyl (C=O) groups excluding carboxylic acids is 1. The van der Waals surface area contributed by atoms with Crippen LogP contribution in [0, 0.1) is 0 Å². The largest absolute Gasteiger partial charge is 0.326 e. The molecule has 1 aliphatic carbocycles. The summed E-state index contributed by atoms with van der Waals surface area (Å²) in [4.78, 5) is 14.6. The number of benzene rings is 2.